The zero-order valence-corrected chi connectivity index (χ0v) is 18.0. The zero-order valence-electron chi connectivity index (χ0n) is 18.0. The van der Waals surface area contributed by atoms with E-state index >= 15 is 0 Å². The van der Waals surface area contributed by atoms with E-state index in [4.69, 9.17) is 9.84 Å². The molecule has 168 valence electrons. The van der Waals surface area contributed by atoms with Gasteiger partial charge >= 0.3 is 6.18 Å². The predicted molar refractivity (Wildman–Crippen MR) is 111 cm³/mol. The number of alkyl halides is 3. The quantitative estimate of drug-likeness (QED) is 0.696. The SMILES string of the molecule is CC(C)n1nc(-c2cncc(C(F)(F)F)c2)cc1C1C2CC(N3CCCOCC3)CC21. The van der Waals surface area contributed by atoms with Crippen LogP contribution in [0.25, 0.3) is 11.3 Å². The van der Waals surface area contributed by atoms with Gasteiger partial charge in [-0.05, 0) is 57.1 Å². The molecule has 5 rings (SSSR count). The summed E-state index contributed by atoms with van der Waals surface area (Å²) in [5, 5.41) is 4.70. The number of ether oxygens (including phenoxy) is 1. The van der Waals surface area contributed by atoms with Gasteiger partial charge in [0.1, 0.15) is 0 Å². The fraction of sp³-hybridized carbons (Fsp3) is 0.652. The van der Waals surface area contributed by atoms with E-state index in [2.05, 4.69) is 23.7 Å². The molecule has 1 aliphatic heterocycles. The third-order valence-electron chi connectivity index (χ3n) is 7.15. The van der Waals surface area contributed by atoms with Crippen LogP contribution in [0.2, 0.25) is 0 Å². The van der Waals surface area contributed by atoms with Crippen molar-refractivity contribution in [2.75, 3.05) is 26.3 Å². The van der Waals surface area contributed by atoms with Crippen LogP contribution in [0.1, 0.15) is 56.3 Å². The number of fused-ring (bicyclic) bond motifs is 1. The molecule has 0 radical (unpaired) electrons. The van der Waals surface area contributed by atoms with E-state index in [0.717, 1.165) is 50.7 Å². The minimum Gasteiger partial charge on any atom is -0.380 e. The molecular formula is C23H29F3N4O. The molecule has 2 atom stereocenters. The first-order valence-electron chi connectivity index (χ1n) is 11.3. The number of aromatic nitrogens is 3. The Morgan fingerprint density at radius 3 is 2.55 bits per heavy atom. The van der Waals surface area contributed by atoms with Gasteiger partial charge in [0.15, 0.2) is 0 Å². The standard InChI is InChI=1S/C23H29F3N4O/c1-14(2)30-21(11-20(28-30)15-8-16(13-27-12-15)23(24,25)26)22-18-9-17(10-19(18)22)29-4-3-6-31-7-5-29/h8,11-14,17-19,22H,3-7,9-10H2,1-2H3. The average Bonchev–Trinajstić information content (AvgIpc) is 3.07. The Kier molecular flexibility index (Phi) is 5.33. The minimum atomic E-state index is -4.41. The minimum absolute atomic E-state index is 0.155. The molecule has 3 fully saturated rings. The summed E-state index contributed by atoms with van der Waals surface area (Å²) in [7, 11) is 0. The third-order valence-corrected chi connectivity index (χ3v) is 7.15. The average molecular weight is 435 g/mol. The van der Waals surface area contributed by atoms with Gasteiger partial charge in [-0.1, -0.05) is 0 Å². The van der Waals surface area contributed by atoms with Crippen LogP contribution in [-0.2, 0) is 10.9 Å². The normalized spacial score (nSPS) is 29.2. The van der Waals surface area contributed by atoms with Gasteiger partial charge in [-0.15, -0.1) is 0 Å². The van der Waals surface area contributed by atoms with E-state index in [1.165, 1.54) is 19.0 Å². The Balaban J connectivity index is 1.35. The highest BCUT2D eigenvalue weighted by molar-refractivity contribution is 5.60. The summed E-state index contributed by atoms with van der Waals surface area (Å²) in [6, 6.07) is 3.93. The van der Waals surface area contributed by atoms with Crippen LogP contribution >= 0.6 is 0 Å². The number of hydrogen-bond acceptors (Lipinski definition) is 4. The second-order valence-electron chi connectivity index (χ2n) is 9.43. The monoisotopic (exact) mass is 434 g/mol. The molecule has 0 amide bonds. The van der Waals surface area contributed by atoms with Crippen molar-refractivity contribution in [3.05, 3.63) is 35.8 Å². The summed E-state index contributed by atoms with van der Waals surface area (Å²) >= 11 is 0. The van der Waals surface area contributed by atoms with Crippen molar-refractivity contribution >= 4 is 0 Å². The fourth-order valence-corrected chi connectivity index (χ4v) is 5.63. The molecule has 31 heavy (non-hydrogen) atoms. The number of rotatable bonds is 4. The van der Waals surface area contributed by atoms with Gasteiger partial charge in [0.05, 0.1) is 17.9 Å². The van der Waals surface area contributed by atoms with Crippen LogP contribution in [0.4, 0.5) is 13.2 Å². The summed E-state index contributed by atoms with van der Waals surface area (Å²) in [5.74, 6) is 1.76. The lowest BCUT2D eigenvalue weighted by molar-refractivity contribution is -0.137. The molecule has 2 aliphatic carbocycles. The van der Waals surface area contributed by atoms with E-state index in [-0.39, 0.29) is 6.04 Å². The van der Waals surface area contributed by atoms with Crippen LogP contribution in [-0.4, -0.2) is 52.0 Å². The first-order chi connectivity index (χ1) is 14.8. The second-order valence-corrected chi connectivity index (χ2v) is 9.43. The number of nitrogens with zero attached hydrogens (tertiary/aromatic N) is 4. The molecule has 0 N–H and O–H groups in total. The van der Waals surface area contributed by atoms with Gasteiger partial charge in [0.25, 0.3) is 0 Å². The first kappa shape index (κ1) is 20.9. The highest BCUT2D eigenvalue weighted by Gasteiger charge is 2.58. The van der Waals surface area contributed by atoms with Crippen molar-refractivity contribution in [3.8, 4) is 11.3 Å². The first-order valence-corrected chi connectivity index (χ1v) is 11.3. The molecule has 2 unspecified atom stereocenters. The van der Waals surface area contributed by atoms with Gasteiger partial charge in [0, 0.05) is 61.3 Å². The van der Waals surface area contributed by atoms with Crippen molar-refractivity contribution in [3.63, 3.8) is 0 Å². The second kappa shape index (κ2) is 7.89. The largest absolute Gasteiger partial charge is 0.417 e. The molecule has 2 aromatic heterocycles. The maximum atomic E-state index is 13.1. The van der Waals surface area contributed by atoms with E-state index in [1.807, 2.05) is 10.7 Å². The van der Waals surface area contributed by atoms with Gasteiger partial charge in [-0.25, -0.2) is 0 Å². The number of hydrogen-bond donors (Lipinski definition) is 0. The Bertz CT molecular complexity index is 921. The van der Waals surface area contributed by atoms with Crippen molar-refractivity contribution in [2.24, 2.45) is 11.8 Å². The summed E-state index contributed by atoms with van der Waals surface area (Å²) in [6.07, 6.45) is 1.41. The summed E-state index contributed by atoms with van der Waals surface area (Å²) in [6.45, 7) is 7.96. The number of halogens is 3. The lowest BCUT2D eigenvalue weighted by Gasteiger charge is -2.28. The van der Waals surface area contributed by atoms with E-state index in [0.29, 0.717) is 35.1 Å². The Morgan fingerprint density at radius 1 is 1.06 bits per heavy atom. The Morgan fingerprint density at radius 2 is 1.84 bits per heavy atom. The Hall–Kier alpha value is -1.93. The van der Waals surface area contributed by atoms with E-state index in [9.17, 15) is 13.2 Å². The lowest BCUT2D eigenvalue weighted by atomic mass is 10.0. The summed E-state index contributed by atoms with van der Waals surface area (Å²) < 4.78 is 47.0. The summed E-state index contributed by atoms with van der Waals surface area (Å²) in [4.78, 5) is 6.41. The van der Waals surface area contributed by atoms with Crippen LogP contribution < -0.4 is 0 Å². The molecule has 1 saturated heterocycles. The number of pyridine rings is 1. The molecule has 0 aromatic carbocycles. The zero-order chi connectivity index (χ0) is 21.8. The van der Waals surface area contributed by atoms with Gasteiger partial charge in [-0.2, -0.15) is 18.3 Å². The highest BCUT2D eigenvalue weighted by Crippen LogP contribution is 2.64. The van der Waals surface area contributed by atoms with Gasteiger partial charge < -0.3 is 4.74 Å². The molecule has 0 spiro atoms. The molecule has 2 saturated carbocycles. The molecule has 2 aromatic rings. The molecule has 0 bridgehead atoms. The van der Waals surface area contributed by atoms with Crippen molar-refractivity contribution in [1.82, 2.24) is 19.7 Å². The van der Waals surface area contributed by atoms with Gasteiger partial charge in [-0.3, -0.25) is 14.6 Å². The van der Waals surface area contributed by atoms with E-state index in [1.54, 1.807) is 0 Å². The lowest BCUT2D eigenvalue weighted by Crippen LogP contribution is -2.36. The van der Waals surface area contributed by atoms with E-state index < -0.39 is 11.7 Å². The fourth-order valence-electron chi connectivity index (χ4n) is 5.63. The summed E-state index contributed by atoms with van der Waals surface area (Å²) in [5.41, 5.74) is 1.42. The van der Waals surface area contributed by atoms with Crippen LogP contribution in [0.15, 0.2) is 24.5 Å². The predicted octanol–water partition coefficient (Wildman–Crippen LogP) is 4.76. The molecule has 3 aliphatic rings. The smallest absolute Gasteiger partial charge is 0.380 e. The molecule has 3 heterocycles. The topological polar surface area (TPSA) is 43.2 Å². The molecule has 5 nitrogen and oxygen atoms in total. The Labute approximate surface area is 180 Å². The maximum absolute atomic E-state index is 13.1. The van der Waals surface area contributed by atoms with Crippen molar-refractivity contribution in [1.29, 1.82) is 0 Å². The van der Waals surface area contributed by atoms with Crippen molar-refractivity contribution < 1.29 is 17.9 Å². The van der Waals surface area contributed by atoms with Crippen molar-refractivity contribution in [2.45, 2.75) is 57.3 Å². The molecular weight excluding hydrogens is 405 g/mol. The molecule has 8 heteroatoms. The van der Waals surface area contributed by atoms with Gasteiger partial charge in [0.2, 0.25) is 0 Å². The highest BCUT2D eigenvalue weighted by atomic mass is 19.4. The van der Waals surface area contributed by atoms with Crippen LogP contribution in [0, 0.1) is 11.8 Å². The van der Waals surface area contributed by atoms with Crippen LogP contribution in [0.5, 0.6) is 0 Å². The third kappa shape index (κ3) is 4.00. The van der Waals surface area contributed by atoms with Crippen LogP contribution in [0.3, 0.4) is 0 Å². The maximum Gasteiger partial charge on any atom is 0.417 e.